The van der Waals surface area contributed by atoms with Crippen molar-refractivity contribution in [3.05, 3.63) is 18.0 Å². The molecular formula is C8H14N2O. The smallest absolute Gasteiger partial charge is 0.124 e. The molecule has 62 valence electrons. The van der Waals surface area contributed by atoms with Crippen molar-refractivity contribution in [3.63, 3.8) is 0 Å². The van der Waals surface area contributed by atoms with E-state index in [9.17, 15) is 0 Å². The Morgan fingerprint density at radius 3 is 3.09 bits per heavy atom. The largest absolute Gasteiger partial charge is 0.365 e. The number of aromatic nitrogens is 1. The van der Waals surface area contributed by atoms with Crippen molar-refractivity contribution >= 4 is 0 Å². The van der Waals surface area contributed by atoms with Crippen molar-refractivity contribution in [1.29, 1.82) is 0 Å². The molecule has 0 aliphatic carbocycles. The third-order valence-corrected chi connectivity index (χ3v) is 1.79. The van der Waals surface area contributed by atoms with Gasteiger partial charge in [-0.3, -0.25) is 0 Å². The van der Waals surface area contributed by atoms with Gasteiger partial charge in [-0.05, 0) is 20.0 Å². The second-order valence-electron chi connectivity index (χ2n) is 2.72. The van der Waals surface area contributed by atoms with Crippen LogP contribution in [0.15, 0.2) is 16.9 Å². The Bertz CT molecular complexity index is 184. The van der Waals surface area contributed by atoms with Crippen molar-refractivity contribution < 1.29 is 4.52 Å². The van der Waals surface area contributed by atoms with Crippen LogP contribution in [0.4, 0.5) is 0 Å². The lowest BCUT2D eigenvalue weighted by Crippen LogP contribution is -2.10. The molecule has 1 aromatic heterocycles. The molecule has 0 aliphatic rings. The standard InChI is InChI=1S/C8H14N2O/c1-7(3-5-9-2)8-4-6-11-10-8/h4,6-7,9H,3,5H2,1-2H3. The molecule has 0 radical (unpaired) electrons. The maximum Gasteiger partial charge on any atom is 0.124 e. The summed E-state index contributed by atoms with van der Waals surface area (Å²) in [5.74, 6) is 0.487. The Balaban J connectivity index is 2.36. The predicted molar refractivity (Wildman–Crippen MR) is 43.5 cm³/mol. The molecule has 0 aromatic carbocycles. The summed E-state index contributed by atoms with van der Waals surface area (Å²) in [5, 5.41) is 6.97. The Labute approximate surface area is 66.8 Å². The Kier molecular flexibility index (Phi) is 3.11. The normalized spacial score (nSPS) is 13.3. The monoisotopic (exact) mass is 154 g/mol. The molecule has 0 spiro atoms. The number of nitrogens with zero attached hydrogens (tertiary/aromatic N) is 1. The zero-order valence-corrected chi connectivity index (χ0v) is 7.00. The van der Waals surface area contributed by atoms with Gasteiger partial charge in [0.15, 0.2) is 0 Å². The minimum atomic E-state index is 0.487. The van der Waals surface area contributed by atoms with Crippen LogP contribution in [0, 0.1) is 0 Å². The SMILES string of the molecule is CNCCC(C)c1ccon1. The quantitative estimate of drug-likeness (QED) is 0.712. The summed E-state index contributed by atoms with van der Waals surface area (Å²) in [5.41, 5.74) is 1.04. The van der Waals surface area contributed by atoms with Gasteiger partial charge in [0.05, 0.1) is 5.69 Å². The van der Waals surface area contributed by atoms with Gasteiger partial charge in [0.2, 0.25) is 0 Å². The van der Waals surface area contributed by atoms with E-state index in [1.165, 1.54) is 0 Å². The lowest BCUT2D eigenvalue weighted by atomic mass is 10.0. The number of rotatable bonds is 4. The summed E-state index contributed by atoms with van der Waals surface area (Å²) < 4.78 is 4.75. The zero-order valence-electron chi connectivity index (χ0n) is 7.00. The maximum absolute atomic E-state index is 4.75. The minimum Gasteiger partial charge on any atom is -0.365 e. The first-order valence-electron chi connectivity index (χ1n) is 3.89. The van der Waals surface area contributed by atoms with Crippen molar-refractivity contribution in [1.82, 2.24) is 10.5 Å². The molecule has 1 atom stereocenters. The second-order valence-corrected chi connectivity index (χ2v) is 2.72. The van der Waals surface area contributed by atoms with Crippen molar-refractivity contribution in [2.24, 2.45) is 0 Å². The fraction of sp³-hybridized carbons (Fsp3) is 0.625. The highest BCUT2D eigenvalue weighted by molar-refractivity contribution is 5.02. The molecule has 3 nitrogen and oxygen atoms in total. The van der Waals surface area contributed by atoms with Crippen LogP contribution in [0.25, 0.3) is 0 Å². The minimum absolute atomic E-state index is 0.487. The number of hydrogen-bond donors (Lipinski definition) is 1. The maximum atomic E-state index is 4.75. The highest BCUT2D eigenvalue weighted by Crippen LogP contribution is 2.15. The topological polar surface area (TPSA) is 38.1 Å². The van der Waals surface area contributed by atoms with E-state index in [2.05, 4.69) is 17.4 Å². The molecular weight excluding hydrogens is 140 g/mol. The first kappa shape index (κ1) is 8.27. The fourth-order valence-electron chi connectivity index (χ4n) is 0.985. The molecule has 0 aliphatic heterocycles. The average Bonchev–Trinajstić information content (AvgIpc) is 2.52. The molecule has 0 saturated carbocycles. The first-order chi connectivity index (χ1) is 5.34. The zero-order chi connectivity index (χ0) is 8.10. The summed E-state index contributed by atoms with van der Waals surface area (Å²) in [6.45, 7) is 3.17. The second kappa shape index (κ2) is 4.13. The van der Waals surface area contributed by atoms with Crippen molar-refractivity contribution in [2.45, 2.75) is 19.3 Å². The van der Waals surface area contributed by atoms with Gasteiger partial charge < -0.3 is 9.84 Å². The van der Waals surface area contributed by atoms with Gasteiger partial charge in [0.25, 0.3) is 0 Å². The molecule has 1 aromatic rings. The Morgan fingerprint density at radius 1 is 1.73 bits per heavy atom. The van der Waals surface area contributed by atoms with Crippen LogP contribution in [-0.2, 0) is 0 Å². The lowest BCUT2D eigenvalue weighted by Gasteiger charge is -2.05. The lowest BCUT2D eigenvalue weighted by molar-refractivity contribution is 0.404. The van der Waals surface area contributed by atoms with Crippen LogP contribution in [0.1, 0.15) is 25.0 Å². The van der Waals surface area contributed by atoms with Gasteiger partial charge in [0.1, 0.15) is 6.26 Å². The fourth-order valence-corrected chi connectivity index (χ4v) is 0.985. The summed E-state index contributed by atoms with van der Waals surface area (Å²) >= 11 is 0. The highest BCUT2D eigenvalue weighted by atomic mass is 16.5. The van der Waals surface area contributed by atoms with Gasteiger partial charge in [-0.25, -0.2) is 0 Å². The molecule has 1 rings (SSSR count). The van der Waals surface area contributed by atoms with Crippen molar-refractivity contribution in [2.75, 3.05) is 13.6 Å². The third-order valence-electron chi connectivity index (χ3n) is 1.79. The van der Waals surface area contributed by atoms with E-state index in [4.69, 9.17) is 4.52 Å². The molecule has 1 N–H and O–H groups in total. The van der Waals surface area contributed by atoms with E-state index >= 15 is 0 Å². The Hall–Kier alpha value is -0.830. The molecule has 1 heterocycles. The van der Waals surface area contributed by atoms with Gasteiger partial charge in [-0.15, -0.1) is 0 Å². The predicted octanol–water partition coefficient (Wildman–Crippen LogP) is 1.39. The molecule has 0 bridgehead atoms. The molecule has 0 fully saturated rings. The number of hydrogen-bond acceptors (Lipinski definition) is 3. The summed E-state index contributed by atoms with van der Waals surface area (Å²) in [4.78, 5) is 0. The van der Waals surface area contributed by atoms with Gasteiger partial charge in [-0.2, -0.15) is 0 Å². The Morgan fingerprint density at radius 2 is 2.55 bits per heavy atom. The van der Waals surface area contributed by atoms with Crippen LogP contribution in [-0.4, -0.2) is 18.7 Å². The van der Waals surface area contributed by atoms with E-state index in [1.807, 2.05) is 13.1 Å². The van der Waals surface area contributed by atoms with Crippen LogP contribution < -0.4 is 5.32 Å². The van der Waals surface area contributed by atoms with Gasteiger partial charge in [0, 0.05) is 12.0 Å². The van der Waals surface area contributed by atoms with E-state index in [1.54, 1.807) is 6.26 Å². The van der Waals surface area contributed by atoms with E-state index in [0.717, 1.165) is 18.7 Å². The van der Waals surface area contributed by atoms with Crippen LogP contribution in [0.5, 0.6) is 0 Å². The van der Waals surface area contributed by atoms with Gasteiger partial charge in [-0.1, -0.05) is 12.1 Å². The van der Waals surface area contributed by atoms with Gasteiger partial charge >= 0.3 is 0 Å². The molecule has 0 saturated heterocycles. The third kappa shape index (κ3) is 2.35. The molecule has 0 amide bonds. The van der Waals surface area contributed by atoms with Crippen LogP contribution in [0.3, 0.4) is 0 Å². The summed E-state index contributed by atoms with van der Waals surface area (Å²) in [7, 11) is 1.95. The average molecular weight is 154 g/mol. The molecule has 1 unspecified atom stereocenters. The number of nitrogens with one attached hydrogen (secondary N) is 1. The van der Waals surface area contributed by atoms with Crippen molar-refractivity contribution in [3.8, 4) is 0 Å². The summed E-state index contributed by atoms with van der Waals surface area (Å²) in [6, 6.07) is 1.92. The van der Waals surface area contributed by atoms with E-state index in [-0.39, 0.29) is 0 Å². The summed E-state index contributed by atoms with van der Waals surface area (Å²) in [6.07, 6.45) is 2.72. The van der Waals surface area contributed by atoms with E-state index < -0.39 is 0 Å². The van der Waals surface area contributed by atoms with E-state index in [0.29, 0.717) is 5.92 Å². The molecule has 3 heteroatoms. The van der Waals surface area contributed by atoms with Crippen LogP contribution in [0.2, 0.25) is 0 Å². The first-order valence-corrected chi connectivity index (χ1v) is 3.89. The highest BCUT2D eigenvalue weighted by Gasteiger charge is 2.06. The molecule has 11 heavy (non-hydrogen) atoms. The van der Waals surface area contributed by atoms with Crippen LogP contribution >= 0.6 is 0 Å².